The second-order valence-electron chi connectivity index (χ2n) is 4.07. The van der Waals surface area contributed by atoms with Crippen LogP contribution in [0.2, 0.25) is 0 Å². The molecular formula is C13H19N3. The molecular weight excluding hydrogens is 198 g/mol. The molecule has 86 valence electrons. The highest BCUT2D eigenvalue weighted by Crippen LogP contribution is 2.20. The lowest BCUT2D eigenvalue weighted by molar-refractivity contribution is 0.686. The molecule has 0 radical (unpaired) electrons. The summed E-state index contributed by atoms with van der Waals surface area (Å²) < 4.78 is 2.23. The molecule has 0 unspecified atom stereocenters. The molecule has 0 saturated carbocycles. The van der Waals surface area contributed by atoms with Gasteiger partial charge in [-0.2, -0.15) is 0 Å². The van der Waals surface area contributed by atoms with Gasteiger partial charge in [0.25, 0.3) is 0 Å². The minimum absolute atomic E-state index is 0.601. The molecule has 1 heterocycles. The summed E-state index contributed by atoms with van der Waals surface area (Å²) in [5.74, 6) is 0. The molecule has 2 aromatic rings. The molecule has 2 rings (SSSR count). The van der Waals surface area contributed by atoms with Crippen molar-refractivity contribution in [2.45, 2.75) is 20.0 Å². The predicted molar refractivity (Wildman–Crippen MR) is 68.2 cm³/mol. The maximum absolute atomic E-state index is 5.66. The summed E-state index contributed by atoms with van der Waals surface area (Å²) in [6.07, 6.45) is 0. The first-order chi connectivity index (χ1) is 7.76. The molecule has 0 spiro atoms. The topological polar surface area (TPSA) is 43.0 Å². The Labute approximate surface area is 96.2 Å². The Morgan fingerprint density at radius 3 is 2.81 bits per heavy atom. The third-order valence-electron chi connectivity index (χ3n) is 3.00. The van der Waals surface area contributed by atoms with Crippen molar-refractivity contribution >= 4 is 10.9 Å². The van der Waals surface area contributed by atoms with Gasteiger partial charge in [-0.15, -0.1) is 0 Å². The normalized spacial score (nSPS) is 11.2. The van der Waals surface area contributed by atoms with E-state index in [1.807, 2.05) is 0 Å². The number of hydrogen-bond acceptors (Lipinski definition) is 2. The first-order valence-electron chi connectivity index (χ1n) is 5.74. The van der Waals surface area contributed by atoms with Crippen molar-refractivity contribution in [3.8, 4) is 0 Å². The number of nitrogens with zero attached hydrogens (tertiary/aromatic N) is 1. The average molecular weight is 217 g/mol. The molecule has 0 bridgehead atoms. The van der Waals surface area contributed by atoms with Gasteiger partial charge >= 0.3 is 0 Å². The summed E-state index contributed by atoms with van der Waals surface area (Å²) in [4.78, 5) is 0. The fraction of sp³-hybridized carbons (Fsp3) is 0.385. The zero-order valence-electron chi connectivity index (χ0n) is 9.96. The summed E-state index contributed by atoms with van der Waals surface area (Å²) in [7, 11) is 2.11. The third kappa shape index (κ3) is 1.96. The Kier molecular flexibility index (Phi) is 3.27. The first-order valence-corrected chi connectivity index (χ1v) is 5.74. The number of aromatic nitrogens is 1. The van der Waals surface area contributed by atoms with Gasteiger partial charge in [-0.25, -0.2) is 0 Å². The van der Waals surface area contributed by atoms with Crippen molar-refractivity contribution in [1.29, 1.82) is 0 Å². The van der Waals surface area contributed by atoms with Crippen molar-refractivity contribution in [3.63, 3.8) is 0 Å². The minimum Gasteiger partial charge on any atom is -0.346 e. The molecule has 0 aliphatic carbocycles. The van der Waals surface area contributed by atoms with Crippen LogP contribution in [-0.2, 0) is 20.1 Å². The zero-order chi connectivity index (χ0) is 11.5. The van der Waals surface area contributed by atoms with E-state index < -0.39 is 0 Å². The van der Waals surface area contributed by atoms with E-state index in [9.17, 15) is 0 Å². The van der Waals surface area contributed by atoms with Crippen LogP contribution < -0.4 is 11.1 Å². The van der Waals surface area contributed by atoms with Gasteiger partial charge in [0.05, 0.1) is 0 Å². The van der Waals surface area contributed by atoms with Crippen LogP contribution in [0.1, 0.15) is 18.2 Å². The lowest BCUT2D eigenvalue weighted by atomic mass is 10.1. The van der Waals surface area contributed by atoms with Crippen LogP contribution in [0.4, 0.5) is 0 Å². The van der Waals surface area contributed by atoms with Crippen LogP contribution in [0.5, 0.6) is 0 Å². The Bertz CT molecular complexity index is 485. The van der Waals surface area contributed by atoms with Gasteiger partial charge in [0.1, 0.15) is 0 Å². The largest absolute Gasteiger partial charge is 0.346 e. The summed E-state index contributed by atoms with van der Waals surface area (Å²) in [5, 5.41) is 4.63. The van der Waals surface area contributed by atoms with Crippen LogP contribution in [0, 0.1) is 0 Å². The first kappa shape index (κ1) is 11.2. The van der Waals surface area contributed by atoms with Crippen LogP contribution >= 0.6 is 0 Å². The summed E-state index contributed by atoms with van der Waals surface area (Å²) in [6.45, 7) is 4.63. The highest BCUT2D eigenvalue weighted by Gasteiger charge is 2.05. The summed E-state index contributed by atoms with van der Waals surface area (Å²) >= 11 is 0. The molecule has 0 amide bonds. The number of nitrogens with one attached hydrogen (secondary N) is 1. The van der Waals surface area contributed by atoms with Gasteiger partial charge in [-0.05, 0) is 29.6 Å². The van der Waals surface area contributed by atoms with Crippen molar-refractivity contribution in [1.82, 2.24) is 9.88 Å². The molecule has 0 fully saturated rings. The van der Waals surface area contributed by atoms with Gasteiger partial charge in [-0.1, -0.05) is 19.1 Å². The SMILES string of the molecule is CCNCc1cc2ccc(CN)cc2n1C. The fourth-order valence-electron chi connectivity index (χ4n) is 1.98. The van der Waals surface area contributed by atoms with E-state index in [0.717, 1.165) is 13.1 Å². The third-order valence-corrected chi connectivity index (χ3v) is 3.00. The molecule has 3 nitrogen and oxygen atoms in total. The van der Waals surface area contributed by atoms with E-state index in [1.54, 1.807) is 0 Å². The van der Waals surface area contributed by atoms with Crippen LogP contribution in [-0.4, -0.2) is 11.1 Å². The second kappa shape index (κ2) is 4.68. The van der Waals surface area contributed by atoms with Crippen molar-refractivity contribution in [2.24, 2.45) is 12.8 Å². The monoisotopic (exact) mass is 217 g/mol. The molecule has 0 saturated heterocycles. The molecule has 3 N–H and O–H groups in total. The maximum Gasteiger partial charge on any atom is 0.0483 e. The summed E-state index contributed by atoms with van der Waals surface area (Å²) in [6, 6.07) is 8.65. The van der Waals surface area contributed by atoms with Crippen LogP contribution in [0.15, 0.2) is 24.3 Å². The second-order valence-corrected chi connectivity index (χ2v) is 4.07. The molecule has 0 atom stereocenters. The lowest BCUT2D eigenvalue weighted by Crippen LogP contribution is -2.14. The highest BCUT2D eigenvalue weighted by molar-refractivity contribution is 5.82. The Morgan fingerprint density at radius 1 is 1.31 bits per heavy atom. The molecule has 16 heavy (non-hydrogen) atoms. The van der Waals surface area contributed by atoms with Gasteiger partial charge in [0.15, 0.2) is 0 Å². The van der Waals surface area contributed by atoms with E-state index in [4.69, 9.17) is 5.73 Å². The minimum atomic E-state index is 0.601. The van der Waals surface area contributed by atoms with E-state index in [-0.39, 0.29) is 0 Å². The molecule has 0 aliphatic rings. The standard InChI is InChI=1S/C13H19N3/c1-3-15-9-12-7-11-5-4-10(8-14)6-13(11)16(12)2/h4-7,15H,3,8-9,14H2,1-2H3. The molecule has 0 aliphatic heterocycles. The quantitative estimate of drug-likeness (QED) is 0.819. The zero-order valence-corrected chi connectivity index (χ0v) is 9.96. The highest BCUT2D eigenvalue weighted by atomic mass is 15.0. The number of fused-ring (bicyclic) bond motifs is 1. The number of rotatable bonds is 4. The fourth-order valence-corrected chi connectivity index (χ4v) is 1.98. The van der Waals surface area contributed by atoms with Gasteiger partial charge < -0.3 is 15.6 Å². The van der Waals surface area contributed by atoms with E-state index >= 15 is 0 Å². The van der Waals surface area contributed by atoms with Gasteiger partial charge in [0, 0.05) is 31.3 Å². The number of benzene rings is 1. The molecule has 1 aromatic heterocycles. The Morgan fingerprint density at radius 2 is 2.12 bits per heavy atom. The van der Waals surface area contributed by atoms with Gasteiger partial charge in [0.2, 0.25) is 0 Å². The van der Waals surface area contributed by atoms with Gasteiger partial charge in [-0.3, -0.25) is 0 Å². The van der Waals surface area contributed by atoms with E-state index in [1.165, 1.54) is 22.2 Å². The summed E-state index contributed by atoms with van der Waals surface area (Å²) in [5.41, 5.74) is 9.41. The van der Waals surface area contributed by atoms with Crippen LogP contribution in [0.25, 0.3) is 10.9 Å². The van der Waals surface area contributed by atoms with E-state index in [2.05, 4.69) is 48.1 Å². The average Bonchev–Trinajstić information content (AvgIpc) is 2.63. The Hall–Kier alpha value is -1.32. The number of nitrogens with two attached hydrogens (primary N) is 1. The number of aryl methyl sites for hydroxylation is 1. The van der Waals surface area contributed by atoms with Crippen molar-refractivity contribution in [3.05, 3.63) is 35.5 Å². The number of hydrogen-bond donors (Lipinski definition) is 2. The van der Waals surface area contributed by atoms with E-state index in [0.29, 0.717) is 6.54 Å². The van der Waals surface area contributed by atoms with Crippen LogP contribution in [0.3, 0.4) is 0 Å². The van der Waals surface area contributed by atoms with Crippen molar-refractivity contribution in [2.75, 3.05) is 6.54 Å². The maximum atomic E-state index is 5.66. The lowest BCUT2D eigenvalue weighted by Gasteiger charge is -2.05. The Balaban J connectivity index is 2.42. The molecule has 1 aromatic carbocycles. The van der Waals surface area contributed by atoms with Crippen molar-refractivity contribution < 1.29 is 0 Å². The predicted octanol–water partition coefficient (Wildman–Crippen LogP) is 1.75. The molecule has 3 heteroatoms. The smallest absolute Gasteiger partial charge is 0.0483 e.